The van der Waals surface area contributed by atoms with Crippen molar-refractivity contribution in [3.05, 3.63) is 34.2 Å². The Balaban J connectivity index is 2.44. The second-order valence-corrected chi connectivity index (χ2v) is 3.76. The Bertz CT molecular complexity index is 620. The second kappa shape index (κ2) is 4.13. The summed E-state index contributed by atoms with van der Waals surface area (Å²) in [5, 5.41) is 9.25. The van der Waals surface area contributed by atoms with Crippen LogP contribution < -0.4 is 5.69 Å². The van der Waals surface area contributed by atoms with Crippen LogP contribution in [0.5, 0.6) is 0 Å². The fourth-order valence-electron chi connectivity index (χ4n) is 1.56. The fourth-order valence-corrected chi connectivity index (χ4v) is 1.56. The van der Waals surface area contributed by atoms with Crippen LogP contribution in [-0.2, 0) is 0 Å². The fraction of sp³-hybridized carbons (Fsp3) is 0.300. The van der Waals surface area contributed by atoms with Crippen molar-refractivity contribution < 1.29 is 22.7 Å². The van der Waals surface area contributed by atoms with Crippen molar-refractivity contribution in [1.82, 2.24) is 9.97 Å². The maximum atomic E-state index is 13.0. The molecule has 3 N–H and O–H groups in total. The number of hydrogen-bond acceptors (Lipinski definition) is 2. The molecule has 2 rings (SSSR count). The lowest BCUT2D eigenvalue weighted by Gasteiger charge is -2.21. The zero-order chi connectivity index (χ0) is 13.5. The lowest BCUT2D eigenvalue weighted by molar-refractivity contribution is -0.193. The number of aliphatic hydroxyl groups excluding tert-OH is 1. The molecule has 4 nitrogen and oxygen atoms in total. The summed E-state index contributed by atoms with van der Waals surface area (Å²) in [4.78, 5) is 15.6. The quantitative estimate of drug-likeness (QED) is 0.740. The lowest BCUT2D eigenvalue weighted by Crippen LogP contribution is -2.34. The molecule has 1 aromatic heterocycles. The Morgan fingerprint density at radius 3 is 2.39 bits per heavy atom. The highest BCUT2D eigenvalue weighted by molar-refractivity contribution is 5.75. The minimum Gasteiger partial charge on any atom is -0.382 e. The van der Waals surface area contributed by atoms with Crippen molar-refractivity contribution in [2.75, 3.05) is 0 Å². The number of aromatic amines is 2. The second-order valence-electron chi connectivity index (χ2n) is 3.76. The number of fused-ring (bicyclic) bond motifs is 1. The third-order valence-electron chi connectivity index (χ3n) is 2.51. The molecule has 1 unspecified atom stereocenters. The first-order chi connectivity index (χ1) is 8.32. The third-order valence-corrected chi connectivity index (χ3v) is 2.51. The molecule has 98 valence electrons. The summed E-state index contributed by atoms with van der Waals surface area (Å²) in [5.41, 5.74) is -0.474. The maximum Gasteiger partial charge on any atom is 0.336 e. The van der Waals surface area contributed by atoms with Crippen molar-refractivity contribution in [3.63, 3.8) is 0 Å². The van der Waals surface area contributed by atoms with Gasteiger partial charge in [-0.3, -0.25) is 0 Å². The molecule has 8 heteroatoms. The van der Waals surface area contributed by atoms with Crippen LogP contribution in [0, 0.1) is 0 Å². The van der Waals surface area contributed by atoms with E-state index in [1.807, 2.05) is 0 Å². The van der Waals surface area contributed by atoms with Gasteiger partial charge in [-0.2, -0.15) is 8.78 Å². The first-order valence-electron chi connectivity index (χ1n) is 4.88. The molecule has 0 aliphatic heterocycles. The van der Waals surface area contributed by atoms with Crippen LogP contribution in [0.3, 0.4) is 0 Å². The maximum absolute atomic E-state index is 13.0. The summed E-state index contributed by atoms with van der Waals surface area (Å²) >= 11 is 0. The lowest BCUT2D eigenvalue weighted by atomic mass is 10.0. The van der Waals surface area contributed by atoms with Gasteiger partial charge in [0.25, 0.3) is 0 Å². The zero-order valence-corrected chi connectivity index (χ0v) is 8.75. The smallest absolute Gasteiger partial charge is 0.336 e. The predicted molar refractivity (Wildman–Crippen MR) is 54.8 cm³/mol. The molecule has 0 saturated heterocycles. The van der Waals surface area contributed by atoms with E-state index in [1.54, 1.807) is 0 Å². The summed E-state index contributed by atoms with van der Waals surface area (Å²) in [7, 11) is 0. The van der Waals surface area contributed by atoms with Crippen LogP contribution in [0.2, 0.25) is 0 Å². The number of imidazole rings is 1. The number of rotatable bonds is 3. The number of hydrogen-bond donors (Lipinski definition) is 3. The van der Waals surface area contributed by atoms with Gasteiger partial charge in [-0.25, -0.2) is 13.6 Å². The van der Waals surface area contributed by atoms with Gasteiger partial charge in [0.05, 0.1) is 11.0 Å². The van der Waals surface area contributed by atoms with E-state index in [2.05, 4.69) is 9.97 Å². The standard InChI is InChI=1S/C10H8F4N2O2/c11-8(12)10(13,14)7(17)4-1-2-5-6(3-4)16-9(18)15-5/h1-3,7-8,17H,(H2,15,16,18). The minimum atomic E-state index is -4.55. The van der Waals surface area contributed by atoms with Crippen LogP contribution in [0.15, 0.2) is 23.0 Å². The van der Waals surface area contributed by atoms with Crippen LogP contribution in [-0.4, -0.2) is 27.4 Å². The van der Waals surface area contributed by atoms with Gasteiger partial charge in [-0.15, -0.1) is 0 Å². The van der Waals surface area contributed by atoms with E-state index < -0.39 is 29.7 Å². The van der Waals surface area contributed by atoms with Crippen molar-refractivity contribution in [1.29, 1.82) is 0 Å². The van der Waals surface area contributed by atoms with Gasteiger partial charge in [0.15, 0.2) is 0 Å². The third kappa shape index (κ3) is 1.99. The number of benzene rings is 1. The Morgan fingerprint density at radius 2 is 1.78 bits per heavy atom. The van der Waals surface area contributed by atoms with Gasteiger partial charge in [0, 0.05) is 0 Å². The summed E-state index contributed by atoms with van der Waals surface area (Å²) in [5.74, 6) is -4.55. The van der Waals surface area contributed by atoms with Crippen molar-refractivity contribution in [2.45, 2.75) is 18.5 Å². The predicted octanol–water partition coefficient (Wildman–Crippen LogP) is 1.79. The van der Waals surface area contributed by atoms with E-state index in [-0.39, 0.29) is 5.52 Å². The van der Waals surface area contributed by atoms with Crippen molar-refractivity contribution in [3.8, 4) is 0 Å². The van der Waals surface area contributed by atoms with Gasteiger partial charge in [0.2, 0.25) is 0 Å². The Labute approximate surface area is 97.3 Å². The summed E-state index contributed by atoms with van der Waals surface area (Å²) in [6.45, 7) is 0. The number of aromatic nitrogens is 2. The average Bonchev–Trinajstić information content (AvgIpc) is 2.66. The molecule has 18 heavy (non-hydrogen) atoms. The van der Waals surface area contributed by atoms with Gasteiger partial charge in [0.1, 0.15) is 6.10 Å². The summed E-state index contributed by atoms with van der Waals surface area (Å²) < 4.78 is 50.1. The molecule has 0 bridgehead atoms. The highest BCUT2D eigenvalue weighted by Gasteiger charge is 2.48. The Morgan fingerprint density at radius 1 is 1.17 bits per heavy atom. The zero-order valence-electron chi connectivity index (χ0n) is 8.75. The summed E-state index contributed by atoms with van der Waals surface area (Å²) in [6.07, 6.45) is -6.62. The van der Waals surface area contributed by atoms with E-state index in [0.717, 1.165) is 12.1 Å². The Kier molecular flexibility index (Phi) is 2.89. The normalized spacial score (nSPS) is 14.3. The van der Waals surface area contributed by atoms with Crippen LogP contribution in [0.4, 0.5) is 17.6 Å². The average molecular weight is 264 g/mol. The number of aliphatic hydroxyl groups is 1. The highest BCUT2D eigenvalue weighted by Crippen LogP contribution is 2.36. The molecule has 2 aromatic rings. The molecule has 0 saturated carbocycles. The molecule has 1 aromatic carbocycles. The SMILES string of the molecule is O=c1[nH]c2ccc(C(O)C(F)(F)C(F)F)cc2[nH]1. The number of nitrogens with one attached hydrogen (secondary N) is 2. The highest BCUT2D eigenvalue weighted by atomic mass is 19.3. The van der Waals surface area contributed by atoms with E-state index in [4.69, 9.17) is 0 Å². The van der Waals surface area contributed by atoms with Gasteiger partial charge >= 0.3 is 18.0 Å². The number of alkyl halides is 4. The Hall–Kier alpha value is -1.83. The van der Waals surface area contributed by atoms with Crippen molar-refractivity contribution in [2.24, 2.45) is 0 Å². The molecule has 0 radical (unpaired) electrons. The molecule has 1 atom stereocenters. The molecule has 0 spiro atoms. The molecule has 0 amide bonds. The van der Waals surface area contributed by atoms with Gasteiger partial charge in [-0.05, 0) is 17.7 Å². The molecule has 0 aliphatic carbocycles. The number of H-pyrrole nitrogens is 2. The first-order valence-corrected chi connectivity index (χ1v) is 4.88. The number of halogens is 4. The molecular weight excluding hydrogens is 256 g/mol. The van der Waals surface area contributed by atoms with Crippen LogP contribution in [0.1, 0.15) is 11.7 Å². The molecular formula is C10H8F4N2O2. The first kappa shape index (κ1) is 12.6. The largest absolute Gasteiger partial charge is 0.382 e. The van der Waals surface area contributed by atoms with Crippen LogP contribution in [0.25, 0.3) is 11.0 Å². The van der Waals surface area contributed by atoms with E-state index in [9.17, 15) is 27.5 Å². The van der Waals surface area contributed by atoms with E-state index in [1.165, 1.54) is 6.07 Å². The van der Waals surface area contributed by atoms with Crippen molar-refractivity contribution >= 4 is 11.0 Å². The molecule has 1 heterocycles. The molecule has 0 fully saturated rings. The monoisotopic (exact) mass is 264 g/mol. The molecule has 0 aliphatic rings. The summed E-state index contributed by atoms with van der Waals surface area (Å²) in [6, 6.07) is 3.31. The topological polar surface area (TPSA) is 68.9 Å². The van der Waals surface area contributed by atoms with Gasteiger partial charge in [-0.1, -0.05) is 6.07 Å². The van der Waals surface area contributed by atoms with E-state index >= 15 is 0 Å². The minimum absolute atomic E-state index is 0.154. The van der Waals surface area contributed by atoms with Crippen LogP contribution >= 0.6 is 0 Å². The van der Waals surface area contributed by atoms with E-state index in [0.29, 0.717) is 5.52 Å². The van der Waals surface area contributed by atoms with Gasteiger partial charge < -0.3 is 15.1 Å².